The lowest BCUT2D eigenvalue weighted by Crippen LogP contribution is -2.49. The second-order valence-electron chi connectivity index (χ2n) is 6.65. The monoisotopic (exact) mass is 398 g/mol. The number of nitrogens with one attached hydrogen (secondary N) is 2. The van der Waals surface area contributed by atoms with Crippen molar-refractivity contribution < 1.29 is 4.39 Å². The average Bonchev–Trinajstić information content (AvgIpc) is 2.90. The Morgan fingerprint density at radius 1 is 1.07 bits per heavy atom. The first-order valence-electron chi connectivity index (χ1n) is 8.84. The van der Waals surface area contributed by atoms with Crippen LogP contribution < -0.4 is 20.4 Å². The van der Waals surface area contributed by atoms with Crippen LogP contribution in [0.15, 0.2) is 54.7 Å². The number of halogens is 2. The molecule has 1 aliphatic heterocycles. The third-order valence-corrected chi connectivity index (χ3v) is 4.93. The van der Waals surface area contributed by atoms with Gasteiger partial charge in [-0.25, -0.2) is 14.4 Å². The zero-order valence-electron chi connectivity index (χ0n) is 15.5. The Morgan fingerprint density at radius 3 is 2.68 bits per heavy atom. The SMILES string of the molecule is CN1c2ccc(Nc3ccnc(Cl)n3)cc2N(C)C1NCc1cccc(F)c1. The summed E-state index contributed by atoms with van der Waals surface area (Å²) >= 11 is 5.85. The molecule has 2 aromatic carbocycles. The fourth-order valence-corrected chi connectivity index (χ4v) is 3.53. The van der Waals surface area contributed by atoms with E-state index < -0.39 is 0 Å². The van der Waals surface area contributed by atoms with Gasteiger partial charge in [-0.05, 0) is 53.6 Å². The number of nitrogens with zero attached hydrogens (tertiary/aromatic N) is 4. The molecular formula is C20H20ClFN6. The first-order chi connectivity index (χ1) is 13.5. The zero-order chi connectivity index (χ0) is 19.7. The van der Waals surface area contributed by atoms with E-state index in [1.54, 1.807) is 24.4 Å². The molecule has 1 aliphatic rings. The maximum atomic E-state index is 13.4. The molecule has 0 saturated carbocycles. The fourth-order valence-electron chi connectivity index (χ4n) is 3.39. The normalized spacial score (nSPS) is 15.6. The lowest BCUT2D eigenvalue weighted by Gasteiger charge is -2.28. The highest BCUT2D eigenvalue weighted by Gasteiger charge is 2.30. The number of rotatable bonds is 5. The maximum absolute atomic E-state index is 13.4. The Kier molecular flexibility index (Phi) is 5.02. The summed E-state index contributed by atoms with van der Waals surface area (Å²) in [5.74, 6) is 0.408. The molecule has 0 fully saturated rings. The molecule has 0 radical (unpaired) electrons. The number of fused-ring (bicyclic) bond motifs is 1. The van der Waals surface area contributed by atoms with Crippen LogP contribution in [0.4, 0.5) is 27.3 Å². The Bertz CT molecular complexity index is 998. The standard InChI is InChI=1S/C20H20ClFN6/c1-27-16-7-6-15(25-18-8-9-23-19(21)26-18)11-17(16)28(2)20(27)24-12-13-4-3-5-14(22)10-13/h3-11,20,24H,12H2,1-2H3,(H,23,25,26). The molecule has 1 aromatic heterocycles. The van der Waals surface area contributed by atoms with Crippen molar-refractivity contribution in [2.45, 2.75) is 12.8 Å². The van der Waals surface area contributed by atoms with Crippen LogP contribution in [0.3, 0.4) is 0 Å². The molecule has 0 saturated heterocycles. The van der Waals surface area contributed by atoms with Crippen LogP contribution in [0.2, 0.25) is 5.28 Å². The van der Waals surface area contributed by atoms with Gasteiger partial charge >= 0.3 is 0 Å². The zero-order valence-corrected chi connectivity index (χ0v) is 16.3. The van der Waals surface area contributed by atoms with Crippen LogP contribution in [0.5, 0.6) is 0 Å². The number of anilines is 4. The van der Waals surface area contributed by atoms with E-state index >= 15 is 0 Å². The number of benzene rings is 2. The second kappa shape index (κ2) is 7.61. The van der Waals surface area contributed by atoms with Crippen LogP contribution in [-0.2, 0) is 6.54 Å². The van der Waals surface area contributed by atoms with Crippen molar-refractivity contribution in [1.82, 2.24) is 15.3 Å². The summed E-state index contributed by atoms with van der Waals surface area (Å²) in [5.41, 5.74) is 3.98. The minimum Gasteiger partial charge on any atom is -0.340 e. The van der Waals surface area contributed by atoms with Gasteiger partial charge in [0.1, 0.15) is 11.6 Å². The first kappa shape index (κ1) is 18.5. The highest BCUT2D eigenvalue weighted by molar-refractivity contribution is 6.28. The molecule has 0 amide bonds. The molecule has 1 unspecified atom stereocenters. The quantitative estimate of drug-likeness (QED) is 0.634. The van der Waals surface area contributed by atoms with Crippen molar-refractivity contribution in [3.05, 3.63) is 71.4 Å². The summed E-state index contributed by atoms with van der Waals surface area (Å²) in [6.07, 6.45) is 1.57. The minimum absolute atomic E-state index is 0.0398. The van der Waals surface area contributed by atoms with Gasteiger partial charge < -0.3 is 15.1 Å². The predicted octanol–water partition coefficient (Wildman–Crippen LogP) is 3.97. The molecule has 144 valence electrons. The van der Waals surface area contributed by atoms with Crippen molar-refractivity contribution in [3.8, 4) is 0 Å². The Hall–Kier alpha value is -2.90. The third-order valence-electron chi connectivity index (χ3n) is 4.75. The molecule has 0 spiro atoms. The topological polar surface area (TPSA) is 56.3 Å². The summed E-state index contributed by atoms with van der Waals surface area (Å²) in [7, 11) is 4.06. The van der Waals surface area contributed by atoms with E-state index in [0.29, 0.717) is 12.4 Å². The molecular weight excluding hydrogens is 379 g/mol. The largest absolute Gasteiger partial charge is 0.340 e. The number of aromatic nitrogens is 2. The summed E-state index contributed by atoms with van der Waals surface area (Å²) < 4.78 is 13.4. The van der Waals surface area contributed by atoms with E-state index in [1.807, 2.05) is 26.2 Å². The highest BCUT2D eigenvalue weighted by Crippen LogP contribution is 2.39. The van der Waals surface area contributed by atoms with Gasteiger partial charge in [-0.15, -0.1) is 0 Å². The molecule has 28 heavy (non-hydrogen) atoms. The van der Waals surface area contributed by atoms with Gasteiger partial charge in [-0.3, -0.25) is 5.32 Å². The molecule has 4 rings (SSSR count). The van der Waals surface area contributed by atoms with Gasteiger partial charge in [0.05, 0.1) is 11.4 Å². The van der Waals surface area contributed by atoms with Gasteiger partial charge in [0.25, 0.3) is 0 Å². The maximum Gasteiger partial charge on any atom is 0.224 e. The molecule has 2 N–H and O–H groups in total. The van der Waals surface area contributed by atoms with Gasteiger partial charge in [0.15, 0.2) is 6.29 Å². The van der Waals surface area contributed by atoms with E-state index in [-0.39, 0.29) is 17.4 Å². The van der Waals surface area contributed by atoms with Gasteiger partial charge in [0, 0.05) is 32.5 Å². The Labute approximate surface area is 168 Å². The molecule has 3 aromatic rings. The van der Waals surface area contributed by atoms with E-state index in [9.17, 15) is 4.39 Å². The summed E-state index contributed by atoms with van der Waals surface area (Å²) in [5, 5.41) is 6.92. The van der Waals surface area contributed by atoms with Gasteiger partial charge in [-0.1, -0.05) is 12.1 Å². The minimum atomic E-state index is -0.226. The lowest BCUT2D eigenvalue weighted by atomic mass is 10.2. The summed E-state index contributed by atoms with van der Waals surface area (Å²) in [4.78, 5) is 12.3. The van der Waals surface area contributed by atoms with Crippen molar-refractivity contribution >= 4 is 34.5 Å². The van der Waals surface area contributed by atoms with Crippen LogP contribution in [0.1, 0.15) is 5.56 Å². The third kappa shape index (κ3) is 3.72. The molecule has 6 nitrogen and oxygen atoms in total. The van der Waals surface area contributed by atoms with Crippen molar-refractivity contribution in [2.24, 2.45) is 0 Å². The second-order valence-corrected chi connectivity index (χ2v) is 6.98. The van der Waals surface area contributed by atoms with Crippen molar-refractivity contribution in [1.29, 1.82) is 0 Å². The van der Waals surface area contributed by atoms with Crippen LogP contribution in [-0.4, -0.2) is 30.4 Å². The van der Waals surface area contributed by atoms with E-state index in [4.69, 9.17) is 11.6 Å². The fraction of sp³-hybridized carbons (Fsp3) is 0.200. The summed E-state index contributed by atoms with van der Waals surface area (Å²) in [6.45, 7) is 0.565. The molecule has 1 atom stereocenters. The van der Waals surface area contributed by atoms with Crippen LogP contribution >= 0.6 is 11.6 Å². The van der Waals surface area contributed by atoms with Gasteiger partial charge in [-0.2, -0.15) is 0 Å². The highest BCUT2D eigenvalue weighted by atomic mass is 35.5. The van der Waals surface area contributed by atoms with Crippen LogP contribution in [0.25, 0.3) is 0 Å². The van der Waals surface area contributed by atoms with Crippen LogP contribution in [0, 0.1) is 5.82 Å². The lowest BCUT2D eigenvalue weighted by molar-refractivity contribution is 0.514. The smallest absolute Gasteiger partial charge is 0.224 e. The van der Waals surface area contributed by atoms with E-state index in [2.05, 4.69) is 42.5 Å². The van der Waals surface area contributed by atoms with Gasteiger partial charge in [0.2, 0.25) is 5.28 Å². The first-order valence-corrected chi connectivity index (χ1v) is 9.22. The van der Waals surface area contributed by atoms with Crippen molar-refractivity contribution in [2.75, 3.05) is 29.2 Å². The van der Waals surface area contributed by atoms with E-state index in [1.165, 1.54) is 6.07 Å². The van der Waals surface area contributed by atoms with E-state index in [0.717, 1.165) is 22.6 Å². The Balaban J connectivity index is 1.50. The molecule has 0 bridgehead atoms. The average molecular weight is 399 g/mol. The Morgan fingerprint density at radius 2 is 1.89 bits per heavy atom. The molecule has 2 heterocycles. The van der Waals surface area contributed by atoms with Crippen molar-refractivity contribution in [3.63, 3.8) is 0 Å². The molecule has 0 aliphatic carbocycles. The predicted molar refractivity (Wildman–Crippen MR) is 111 cm³/mol. The summed E-state index contributed by atoms with van der Waals surface area (Å²) in [6, 6.07) is 14.5. The number of hydrogen-bond donors (Lipinski definition) is 2. The molecule has 8 heteroatoms. The number of hydrogen-bond acceptors (Lipinski definition) is 6.